The standard InChI is InChI=1S/C11H14ClFN2O2S.ClH/c1-8-7-15(5-4-14-8)18(16,17)11-6-9(13)2-3-10(11)12;/h2-3,6,8,14H,4-5,7H2,1H3;1H/t8-;/m1./s1. The number of hydrogen-bond donors (Lipinski definition) is 1. The van der Waals surface area contributed by atoms with E-state index in [1.807, 2.05) is 6.92 Å². The van der Waals surface area contributed by atoms with Gasteiger partial charge in [-0.3, -0.25) is 0 Å². The fourth-order valence-corrected chi connectivity index (χ4v) is 3.94. The lowest BCUT2D eigenvalue weighted by atomic mass is 10.3. The van der Waals surface area contributed by atoms with Gasteiger partial charge in [0, 0.05) is 25.7 Å². The molecule has 0 bridgehead atoms. The normalized spacial score (nSPS) is 20.9. The Labute approximate surface area is 123 Å². The summed E-state index contributed by atoms with van der Waals surface area (Å²) in [5.74, 6) is -0.610. The average Bonchev–Trinajstić information content (AvgIpc) is 2.32. The molecule has 0 saturated carbocycles. The SMILES string of the molecule is C[C@@H]1CN(S(=O)(=O)c2cc(F)ccc2Cl)CCN1.Cl. The van der Waals surface area contributed by atoms with Crippen molar-refractivity contribution in [2.24, 2.45) is 0 Å². The number of nitrogens with zero attached hydrogens (tertiary/aromatic N) is 1. The van der Waals surface area contributed by atoms with Crippen molar-refractivity contribution in [2.45, 2.75) is 17.9 Å². The van der Waals surface area contributed by atoms with Crippen LogP contribution in [0, 0.1) is 5.82 Å². The van der Waals surface area contributed by atoms with Crippen molar-refractivity contribution in [3.8, 4) is 0 Å². The summed E-state index contributed by atoms with van der Waals surface area (Å²) in [6, 6.07) is 3.43. The van der Waals surface area contributed by atoms with Gasteiger partial charge in [-0.1, -0.05) is 11.6 Å². The third-order valence-electron chi connectivity index (χ3n) is 2.84. The first-order chi connectivity index (χ1) is 8.41. The summed E-state index contributed by atoms with van der Waals surface area (Å²) in [5.41, 5.74) is 0. The maximum Gasteiger partial charge on any atom is 0.244 e. The summed E-state index contributed by atoms with van der Waals surface area (Å²) in [7, 11) is -3.73. The van der Waals surface area contributed by atoms with E-state index in [1.165, 1.54) is 10.4 Å². The van der Waals surface area contributed by atoms with Crippen LogP contribution in [0.5, 0.6) is 0 Å². The highest BCUT2D eigenvalue weighted by atomic mass is 35.5. The second-order valence-corrected chi connectivity index (χ2v) is 6.61. The minimum absolute atomic E-state index is 0. The Morgan fingerprint density at radius 3 is 2.79 bits per heavy atom. The van der Waals surface area contributed by atoms with Gasteiger partial charge >= 0.3 is 0 Å². The Hall–Kier alpha value is -0.400. The maximum atomic E-state index is 13.2. The molecule has 1 aromatic rings. The van der Waals surface area contributed by atoms with Gasteiger partial charge in [-0.15, -0.1) is 12.4 Å². The van der Waals surface area contributed by atoms with Gasteiger partial charge in [-0.05, 0) is 25.1 Å². The number of nitrogens with one attached hydrogen (secondary N) is 1. The molecule has 0 amide bonds. The third-order valence-corrected chi connectivity index (χ3v) is 5.19. The van der Waals surface area contributed by atoms with E-state index in [-0.39, 0.29) is 28.4 Å². The minimum Gasteiger partial charge on any atom is -0.312 e. The lowest BCUT2D eigenvalue weighted by molar-refractivity contribution is 0.310. The largest absolute Gasteiger partial charge is 0.312 e. The van der Waals surface area contributed by atoms with Gasteiger partial charge < -0.3 is 5.32 Å². The fourth-order valence-electron chi connectivity index (χ4n) is 1.93. The molecule has 1 heterocycles. The molecule has 0 unspecified atom stereocenters. The Kier molecular flexibility index (Phi) is 5.58. The van der Waals surface area contributed by atoms with Gasteiger partial charge in [-0.25, -0.2) is 12.8 Å². The molecule has 4 nitrogen and oxygen atoms in total. The summed E-state index contributed by atoms with van der Waals surface area (Å²) in [5, 5.41) is 3.19. The number of hydrogen-bond acceptors (Lipinski definition) is 3. The van der Waals surface area contributed by atoms with E-state index in [0.29, 0.717) is 19.6 Å². The number of rotatable bonds is 2. The third kappa shape index (κ3) is 3.58. The molecule has 1 aliphatic rings. The van der Waals surface area contributed by atoms with E-state index in [1.54, 1.807) is 0 Å². The summed E-state index contributed by atoms with van der Waals surface area (Å²) >= 11 is 5.85. The van der Waals surface area contributed by atoms with Crippen molar-refractivity contribution in [3.05, 3.63) is 29.0 Å². The first kappa shape index (κ1) is 16.7. The average molecular weight is 329 g/mol. The van der Waals surface area contributed by atoms with Gasteiger partial charge in [-0.2, -0.15) is 4.31 Å². The minimum atomic E-state index is -3.73. The van der Waals surface area contributed by atoms with Crippen LogP contribution < -0.4 is 5.32 Å². The molecule has 1 aromatic carbocycles. The predicted molar refractivity (Wildman–Crippen MR) is 74.9 cm³/mol. The van der Waals surface area contributed by atoms with E-state index in [9.17, 15) is 12.8 Å². The molecule has 19 heavy (non-hydrogen) atoms. The molecule has 1 fully saturated rings. The lowest BCUT2D eigenvalue weighted by Gasteiger charge is -2.31. The summed E-state index contributed by atoms with van der Waals surface area (Å²) in [6.45, 7) is 3.19. The number of sulfonamides is 1. The number of piperazine rings is 1. The Morgan fingerprint density at radius 2 is 2.16 bits per heavy atom. The molecule has 0 aliphatic carbocycles. The van der Waals surface area contributed by atoms with Crippen LogP contribution in [-0.2, 0) is 10.0 Å². The van der Waals surface area contributed by atoms with Crippen LogP contribution in [0.15, 0.2) is 23.1 Å². The van der Waals surface area contributed by atoms with Crippen molar-refractivity contribution >= 4 is 34.0 Å². The first-order valence-corrected chi connectivity index (χ1v) is 7.41. The summed E-state index contributed by atoms with van der Waals surface area (Å²) < 4.78 is 39.2. The molecule has 1 atom stereocenters. The van der Waals surface area contributed by atoms with E-state index >= 15 is 0 Å². The van der Waals surface area contributed by atoms with Crippen LogP contribution >= 0.6 is 24.0 Å². The quantitative estimate of drug-likeness (QED) is 0.901. The summed E-state index contributed by atoms with van der Waals surface area (Å²) in [6.07, 6.45) is 0. The Bertz CT molecular complexity index is 554. The molecule has 108 valence electrons. The molecular weight excluding hydrogens is 314 g/mol. The van der Waals surface area contributed by atoms with Crippen molar-refractivity contribution < 1.29 is 12.8 Å². The lowest BCUT2D eigenvalue weighted by Crippen LogP contribution is -2.51. The zero-order valence-electron chi connectivity index (χ0n) is 10.3. The predicted octanol–water partition coefficient (Wildman–Crippen LogP) is 1.88. The molecule has 2 rings (SSSR count). The molecule has 0 radical (unpaired) electrons. The monoisotopic (exact) mass is 328 g/mol. The van der Waals surface area contributed by atoms with Gasteiger partial charge in [0.2, 0.25) is 10.0 Å². The molecular formula is C11H15Cl2FN2O2S. The van der Waals surface area contributed by atoms with E-state index in [2.05, 4.69) is 5.32 Å². The van der Waals surface area contributed by atoms with Crippen molar-refractivity contribution in [3.63, 3.8) is 0 Å². The highest BCUT2D eigenvalue weighted by Gasteiger charge is 2.30. The molecule has 1 N–H and O–H groups in total. The smallest absolute Gasteiger partial charge is 0.244 e. The molecule has 1 saturated heterocycles. The maximum absolute atomic E-state index is 13.2. The first-order valence-electron chi connectivity index (χ1n) is 5.60. The zero-order chi connectivity index (χ0) is 13.3. The van der Waals surface area contributed by atoms with Crippen LogP contribution in [0.4, 0.5) is 4.39 Å². The van der Waals surface area contributed by atoms with Crippen molar-refractivity contribution in [1.29, 1.82) is 0 Å². The van der Waals surface area contributed by atoms with Crippen LogP contribution in [0.25, 0.3) is 0 Å². The van der Waals surface area contributed by atoms with Crippen LogP contribution in [0.3, 0.4) is 0 Å². The van der Waals surface area contributed by atoms with E-state index in [0.717, 1.165) is 12.1 Å². The van der Waals surface area contributed by atoms with Crippen LogP contribution in [0.2, 0.25) is 5.02 Å². The van der Waals surface area contributed by atoms with E-state index < -0.39 is 15.8 Å². The topological polar surface area (TPSA) is 49.4 Å². The van der Waals surface area contributed by atoms with E-state index in [4.69, 9.17) is 11.6 Å². The van der Waals surface area contributed by atoms with Crippen LogP contribution in [-0.4, -0.2) is 38.4 Å². The second kappa shape index (κ2) is 6.37. The van der Waals surface area contributed by atoms with Gasteiger partial charge in [0.1, 0.15) is 10.7 Å². The highest BCUT2D eigenvalue weighted by Crippen LogP contribution is 2.26. The Balaban J connectivity index is 0.00000180. The van der Waals surface area contributed by atoms with Gasteiger partial charge in [0.05, 0.1) is 5.02 Å². The molecule has 8 heteroatoms. The van der Waals surface area contributed by atoms with Crippen molar-refractivity contribution in [2.75, 3.05) is 19.6 Å². The van der Waals surface area contributed by atoms with Crippen molar-refractivity contribution in [1.82, 2.24) is 9.62 Å². The second-order valence-electron chi connectivity index (χ2n) is 4.29. The van der Waals surface area contributed by atoms with Gasteiger partial charge in [0.15, 0.2) is 0 Å². The molecule has 0 spiro atoms. The molecule has 0 aromatic heterocycles. The van der Waals surface area contributed by atoms with Crippen LogP contribution in [0.1, 0.15) is 6.92 Å². The zero-order valence-corrected chi connectivity index (χ0v) is 12.7. The highest BCUT2D eigenvalue weighted by molar-refractivity contribution is 7.89. The van der Waals surface area contributed by atoms with Gasteiger partial charge in [0.25, 0.3) is 0 Å². The molecule has 1 aliphatic heterocycles. The Morgan fingerprint density at radius 1 is 1.47 bits per heavy atom. The number of halogens is 3. The fraction of sp³-hybridized carbons (Fsp3) is 0.455. The number of benzene rings is 1. The summed E-state index contributed by atoms with van der Waals surface area (Å²) in [4.78, 5) is -0.168.